The highest BCUT2D eigenvalue weighted by atomic mass is 35.5. The van der Waals surface area contributed by atoms with Crippen molar-refractivity contribution in [1.29, 1.82) is 0 Å². The van der Waals surface area contributed by atoms with Crippen LogP contribution in [-0.2, 0) is 6.42 Å². The first kappa shape index (κ1) is 14.7. The van der Waals surface area contributed by atoms with Crippen LogP contribution in [0.1, 0.15) is 38.7 Å². The van der Waals surface area contributed by atoms with Crippen molar-refractivity contribution in [3.05, 3.63) is 28.8 Å². The molecule has 1 aliphatic rings. The molecule has 1 aliphatic heterocycles. The number of benzene rings is 1. The lowest BCUT2D eigenvalue weighted by Crippen LogP contribution is -2.22. The van der Waals surface area contributed by atoms with Gasteiger partial charge < -0.3 is 10.6 Å². The fourth-order valence-corrected chi connectivity index (χ4v) is 2.98. The van der Waals surface area contributed by atoms with Crippen molar-refractivity contribution >= 4 is 17.3 Å². The summed E-state index contributed by atoms with van der Waals surface area (Å²) in [5.74, 6) is 0.840. The maximum atomic E-state index is 6.40. The highest BCUT2D eigenvalue weighted by Crippen LogP contribution is 2.29. The van der Waals surface area contributed by atoms with E-state index in [-0.39, 0.29) is 6.04 Å². The van der Waals surface area contributed by atoms with E-state index in [9.17, 15) is 0 Å². The number of hydrogen-bond acceptors (Lipinski definition) is 2. The largest absolute Gasteiger partial charge is 0.371 e. The van der Waals surface area contributed by atoms with Gasteiger partial charge >= 0.3 is 0 Å². The van der Waals surface area contributed by atoms with Gasteiger partial charge in [-0.2, -0.15) is 0 Å². The molecule has 0 spiro atoms. The molecule has 19 heavy (non-hydrogen) atoms. The summed E-state index contributed by atoms with van der Waals surface area (Å²) in [7, 11) is 0. The van der Waals surface area contributed by atoms with E-state index in [1.807, 2.05) is 0 Å². The quantitative estimate of drug-likeness (QED) is 0.887. The number of nitrogens with zero attached hydrogens (tertiary/aromatic N) is 1. The summed E-state index contributed by atoms with van der Waals surface area (Å²) in [5, 5.41) is 0.862. The predicted molar refractivity (Wildman–Crippen MR) is 84.0 cm³/mol. The van der Waals surface area contributed by atoms with Gasteiger partial charge in [0.15, 0.2) is 0 Å². The van der Waals surface area contributed by atoms with Crippen LogP contribution >= 0.6 is 11.6 Å². The van der Waals surface area contributed by atoms with Gasteiger partial charge in [-0.15, -0.1) is 0 Å². The zero-order valence-corrected chi connectivity index (χ0v) is 12.8. The van der Waals surface area contributed by atoms with Crippen LogP contribution in [0.3, 0.4) is 0 Å². The summed E-state index contributed by atoms with van der Waals surface area (Å²) >= 11 is 6.40. The van der Waals surface area contributed by atoms with E-state index in [2.05, 4.69) is 36.9 Å². The average molecular weight is 281 g/mol. The Labute approximate surface area is 121 Å². The summed E-state index contributed by atoms with van der Waals surface area (Å²) in [6.45, 7) is 6.71. The monoisotopic (exact) mass is 280 g/mol. The molecular weight excluding hydrogens is 256 g/mol. The van der Waals surface area contributed by atoms with E-state index < -0.39 is 0 Å². The molecule has 106 valence electrons. The van der Waals surface area contributed by atoms with Crippen molar-refractivity contribution in [2.24, 2.45) is 11.7 Å². The van der Waals surface area contributed by atoms with Gasteiger partial charge in [-0.1, -0.05) is 37.9 Å². The molecule has 1 aromatic rings. The summed E-state index contributed by atoms with van der Waals surface area (Å²) in [5.41, 5.74) is 8.43. The Morgan fingerprint density at radius 1 is 1.42 bits per heavy atom. The van der Waals surface area contributed by atoms with Crippen LogP contribution in [0.4, 0.5) is 5.69 Å². The molecule has 2 atom stereocenters. The first-order chi connectivity index (χ1) is 9.13. The second-order valence-electron chi connectivity index (χ2n) is 5.66. The average Bonchev–Trinajstić information content (AvgIpc) is 2.89. The SMILES string of the molecule is CCC(N)Cc1ccc(N2CCC(CC)C2)cc1Cl. The molecule has 0 amide bonds. The van der Waals surface area contributed by atoms with Crippen molar-refractivity contribution in [2.75, 3.05) is 18.0 Å². The van der Waals surface area contributed by atoms with E-state index >= 15 is 0 Å². The maximum Gasteiger partial charge on any atom is 0.0459 e. The molecular formula is C16H25ClN2. The van der Waals surface area contributed by atoms with Crippen LogP contribution < -0.4 is 10.6 Å². The number of halogens is 1. The molecule has 0 bridgehead atoms. The molecule has 1 heterocycles. The molecule has 2 rings (SSSR count). The summed E-state index contributed by atoms with van der Waals surface area (Å²) in [6.07, 6.45) is 4.43. The topological polar surface area (TPSA) is 29.3 Å². The Morgan fingerprint density at radius 2 is 2.21 bits per heavy atom. The van der Waals surface area contributed by atoms with Gasteiger partial charge in [-0.05, 0) is 42.9 Å². The minimum atomic E-state index is 0.208. The van der Waals surface area contributed by atoms with Crippen molar-refractivity contribution in [3.63, 3.8) is 0 Å². The Bertz CT molecular complexity index is 419. The maximum absolute atomic E-state index is 6.40. The lowest BCUT2D eigenvalue weighted by atomic mass is 10.0. The molecule has 3 heteroatoms. The van der Waals surface area contributed by atoms with E-state index in [4.69, 9.17) is 17.3 Å². The van der Waals surface area contributed by atoms with E-state index in [1.165, 1.54) is 30.6 Å². The number of anilines is 1. The zero-order valence-electron chi connectivity index (χ0n) is 12.0. The van der Waals surface area contributed by atoms with Gasteiger partial charge in [0.25, 0.3) is 0 Å². The molecule has 1 fully saturated rings. The fraction of sp³-hybridized carbons (Fsp3) is 0.625. The second kappa shape index (κ2) is 6.62. The van der Waals surface area contributed by atoms with Gasteiger partial charge in [0.1, 0.15) is 0 Å². The molecule has 0 aromatic heterocycles. The summed E-state index contributed by atoms with van der Waals surface area (Å²) in [6, 6.07) is 6.66. The van der Waals surface area contributed by atoms with Crippen molar-refractivity contribution in [2.45, 2.75) is 45.6 Å². The van der Waals surface area contributed by atoms with Crippen LogP contribution in [0.5, 0.6) is 0 Å². The first-order valence-corrected chi connectivity index (χ1v) is 7.80. The number of nitrogens with two attached hydrogens (primary N) is 1. The molecule has 0 saturated carbocycles. The van der Waals surface area contributed by atoms with Crippen molar-refractivity contribution in [1.82, 2.24) is 0 Å². The highest BCUT2D eigenvalue weighted by molar-refractivity contribution is 6.31. The molecule has 1 aromatic carbocycles. The van der Waals surface area contributed by atoms with Crippen LogP contribution in [-0.4, -0.2) is 19.1 Å². The fourth-order valence-electron chi connectivity index (χ4n) is 2.73. The predicted octanol–water partition coefficient (Wildman–Crippen LogP) is 3.86. The lowest BCUT2D eigenvalue weighted by molar-refractivity contribution is 0.569. The Morgan fingerprint density at radius 3 is 2.79 bits per heavy atom. The Hall–Kier alpha value is -0.730. The van der Waals surface area contributed by atoms with Gasteiger partial charge in [0.2, 0.25) is 0 Å². The Balaban J connectivity index is 2.06. The normalized spacial score (nSPS) is 20.8. The number of hydrogen-bond donors (Lipinski definition) is 1. The van der Waals surface area contributed by atoms with Gasteiger partial charge in [-0.25, -0.2) is 0 Å². The summed E-state index contributed by atoms with van der Waals surface area (Å²) < 4.78 is 0. The van der Waals surface area contributed by atoms with Gasteiger partial charge in [-0.3, -0.25) is 0 Å². The van der Waals surface area contributed by atoms with Crippen LogP contribution in [0.25, 0.3) is 0 Å². The molecule has 1 saturated heterocycles. The standard InChI is InChI=1S/C16H25ClN2/c1-3-12-7-8-19(11-12)15-6-5-13(16(17)10-15)9-14(18)4-2/h5-6,10,12,14H,3-4,7-9,11,18H2,1-2H3. The first-order valence-electron chi connectivity index (χ1n) is 7.43. The minimum Gasteiger partial charge on any atom is -0.371 e. The van der Waals surface area contributed by atoms with Gasteiger partial charge in [0, 0.05) is 29.8 Å². The molecule has 0 radical (unpaired) electrons. The minimum absolute atomic E-state index is 0.208. The third-order valence-electron chi connectivity index (χ3n) is 4.27. The summed E-state index contributed by atoms with van der Waals surface area (Å²) in [4.78, 5) is 2.45. The number of rotatable bonds is 5. The third kappa shape index (κ3) is 3.64. The van der Waals surface area contributed by atoms with E-state index in [0.717, 1.165) is 30.3 Å². The molecule has 2 nitrogen and oxygen atoms in total. The lowest BCUT2D eigenvalue weighted by Gasteiger charge is -2.20. The van der Waals surface area contributed by atoms with Crippen LogP contribution in [0, 0.1) is 5.92 Å². The van der Waals surface area contributed by atoms with Crippen molar-refractivity contribution in [3.8, 4) is 0 Å². The zero-order chi connectivity index (χ0) is 13.8. The van der Waals surface area contributed by atoms with Crippen LogP contribution in [0.15, 0.2) is 18.2 Å². The molecule has 2 unspecified atom stereocenters. The van der Waals surface area contributed by atoms with Crippen LogP contribution in [0.2, 0.25) is 5.02 Å². The van der Waals surface area contributed by atoms with E-state index in [1.54, 1.807) is 0 Å². The van der Waals surface area contributed by atoms with E-state index in [0.29, 0.717) is 0 Å². The van der Waals surface area contributed by atoms with Gasteiger partial charge in [0.05, 0.1) is 0 Å². The smallest absolute Gasteiger partial charge is 0.0459 e. The molecule has 2 N–H and O–H groups in total. The molecule has 0 aliphatic carbocycles. The second-order valence-corrected chi connectivity index (χ2v) is 6.06. The van der Waals surface area contributed by atoms with Crippen molar-refractivity contribution < 1.29 is 0 Å². The Kier molecular flexibility index (Phi) is 5.12. The third-order valence-corrected chi connectivity index (χ3v) is 4.62. The highest BCUT2D eigenvalue weighted by Gasteiger charge is 2.21.